The second kappa shape index (κ2) is 10.5. The van der Waals surface area contributed by atoms with E-state index in [9.17, 15) is 30.0 Å². The van der Waals surface area contributed by atoms with Gasteiger partial charge in [-0.3, -0.25) is 9.59 Å². The first-order valence-electron chi connectivity index (χ1n) is 16.5. The number of rotatable bonds is 6. The number of aliphatic hydroxyl groups excluding tert-OH is 3. The van der Waals surface area contributed by atoms with Gasteiger partial charge in [-0.05, 0) is 73.3 Å². The summed E-state index contributed by atoms with van der Waals surface area (Å²) < 4.78 is 17.5. The molecule has 4 N–H and O–H groups in total. The van der Waals surface area contributed by atoms with Gasteiger partial charge in [0.2, 0.25) is 0 Å². The lowest BCUT2D eigenvalue weighted by atomic mass is 9.53. The lowest BCUT2D eigenvalue weighted by Crippen LogP contribution is -2.59. The molecule has 0 amide bonds. The van der Waals surface area contributed by atoms with E-state index in [0.717, 1.165) is 17.6 Å². The number of allylic oxidation sites excluding steroid dienone is 3. The van der Waals surface area contributed by atoms with Gasteiger partial charge in [-0.25, -0.2) is 0 Å². The van der Waals surface area contributed by atoms with Gasteiger partial charge in [-0.1, -0.05) is 46.8 Å². The van der Waals surface area contributed by atoms with Crippen molar-refractivity contribution in [1.82, 2.24) is 0 Å². The van der Waals surface area contributed by atoms with Crippen LogP contribution >= 0.6 is 0 Å². The number of hydrogen-bond acceptors (Lipinski definition) is 9. The molecule has 0 aromatic rings. The Labute approximate surface area is 261 Å². The number of carbonyl (C=O) groups excluding carboxylic acids is 2. The Balaban J connectivity index is 1.24. The van der Waals surface area contributed by atoms with Crippen LogP contribution in [0.1, 0.15) is 93.4 Å². The summed E-state index contributed by atoms with van der Waals surface area (Å²) in [7, 11) is 0. The van der Waals surface area contributed by atoms with Crippen LogP contribution in [0.25, 0.3) is 0 Å². The maximum Gasteiger partial charge on any atom is 0.186 e. The van der Waals surface area contributed by atoms with Crippen LogP contribution in [0.2, 0.25) is 0 Å². The number of Topliss-reactive ketones (excluding diaryl/α,β-unsaturated/α-hetero) is 2. The first-order valence-corrected chi connectivity index (χ1v) is 16.5. The summed E-state index contributed by atoms with van der Waals surface area (Å²) in [6.45, 7) is 14.4. The van der Waals surface area contributed by atoms with Crippen molar-refractivity contribution in [2.24, 2.45) is 34.0 Å². The molecule has 4 aliphatic carbocycles. The molecule has 0 aromatic carbocycles. The van der Waals surface area contributed by atoms with Gasteiger partial charge in [0.05, 0.1) is 23.9 Å². The van der Waals surface area contributed by atoms with Gasteiger partial charge in [0.25, 0.3) is 0 Å². The largest absolute Gasteiger partial charge is 0.389 e. The highest BCUT2D eigenvalue weighted by molar-refractivity contribution is 5.90. The Bertz CT molecular complexity index is 1270. The van der Waals surface area contributed by atoms with Crippen LogP contribution in [0.5, 0.6) is 0 Å². The first-order chi connectivity index (χ1) is 20.4. The summed E-state index contributed by atoms with van der Waals surface area (Å²) in [4.78, 5) is 26.9. The van der Waals surface area contributed by atoms with E-state index in [0.29, 0.717) is 38.5 Å². The van der Waals surface area contributed by atoms with Crippen molar-refractivity contribution >= 4 is 11.6 Å². The summed E-state index contributed by atoms with van der Waals surface area (Å²) >= 11 is 0. The maximum absolute atomic E-state index is 13.8. The molecule has 12 atom stereocenters. The van der Waals surface area contributed by atoms with Gasteiger partial charge < -0.3 is 34.6 Å². The smallest absolute Gasteiger partial charge is 0.186 e. The molecule has 44 heavy (non-hydrogen) atoms. The van der Waals surface area contributed by atoms with Gasteiger partial charge in [0, 0.05) is 30.6 Å². The Hall–Kier alpha value is -1.46. The fourth-order valence-electron chi connectivity index (χ4n) is 10.1. The molecular formula is C35H52O9. The van der Waals surface area contributed by atoms with Crippen molar-refractivity contribution < 1.29 is 44.2 Å². The molecule has 6 rings (SSSR count). The summed E-state index contributed by atoms with van der Waals surface area (Å²) in [5.74, 6) is -0.200. The van der Waals surface area contributed by atoms with Gasteiger partial charge in [0.15, 0.2) is 12.1 Å². The topological polar surface area (TPSA) is 146 Å². The molecule has 4 fully saturated rings. The number of ketones is 2. The van der Waals surface area contributed by atoms with Crippen molar-refractivity contribution in [2.75, 3.05) is 6.61 Å². The van der Waals surface area contributed by atoms with E-state index in [1.165, 1.54) is 0 Å². The molecule has 2 saturated heterocycles. The number of hydrogen-bond donors (Lipinski definition) is 4. The number of fused-ring (bicyclic) bond motifs is 4. The third-order valence-corrected chi connectivity index (χ3v) is 12.9. The highest BCUT2D eigenvalue weighted by Gasteiger charge is 2.65. The highest BCUT2D eigenvalue weighted by atomic mass is 16.7. The van der Waals surface area contributed by atoms with E-state index in [1.807, 2.05) is 20.8 Å². The molecule has 0 spiro atoms. The number of carbonyl (C=O) groups is 2. The van der Waals surface area contributed by atoms with Gasteiger partial charge in [-0.2, -0.15) is 0 Å². The van der Waals surface area contributed by atoms with Crippen molar-refractivity contribution in [3.05, 3.63) is 23.3 Å². The predicted octanol–water partition coefficient (Wildman–Crippen LogP) is 3.40. The fourth-order valence-corrected chi connectivity index (χ4v) is 10.1. The van der Waals surface area contributed by atoms with E-state index in [2.05, 4.69) is 39.8 Å². The van der Waals surface area contributed by atoms with Gasteiger partial charge >= 0.3 is 0 Å². The second-order valence-electron chi connectivity index (χ2n) is 16.5. The molecule has 2 aliphatic heterocycles. The molecule has 246 valence electrons. The summed E-state index contributed by atoms with van der Waals surface area (Å²) in [6, 6.07) is 0. The molecule has 12 unspecified atom stereocenters. The molecule has 2 heterocycles. The SMILES string of the molecule is CC(CC(=O)C1OC1(C)C)C1C(=O)CC2(C)C3=CCC4C(O)(CCC(OC5OCC(O)C(O)C5O)C4(C)C)CC3=CCC12C. The first kappa shape index (κ1) is 32.5. The summed E-state index contributed by atoms with van der Waals surface area (Å²) in [6.07, 6.45) is 2.46. The Morgan fingerprint density at radius 3 is 2.41 bits per heavy atom. The van der Waals surface area contributed by atoms with E-state index in [4.69, 9.17) is 14.2 Å². The quantitative estimate of drug-likeness (QED) is 0.330. The monoisotopic (exact) mass is 616 g/mol. The summed E-state index contributed by atoms with van der Waals surface area (Å²) in [5, 5.41) is 42.8. The van der Waals surface area contributed by atoms with Crippen LogP contribution in [-0.2, 0) is 23.8 Å². The zero-order chi connectivity index (χ0) is 32.2. The lowest BCUT2D eigenvalue weighted by molar-refractivity contribution is -0.304. The zero-order valence-electron chi connectivity index (χ0n) is 27.3. The van der Waals surface area contributed by atoms with E-state index < -0.39 is 46.6 Å². The molecule has 0 radical (unpaired) electrons. The summed E-state index contributed by atoms with van der Waals surface area (Å²) in [5.41, 5.74) is -0.369. The third-order valence-electron chi connectivity index (χ3n) is 12.9. The number of epoxide rings is 1. The van der Waals surface area contributed by atoms with Crippen LogP contribution in [0.4, 0.5) is 0 Å². The molecule has 6 aliphatic rings. The normalized spacial score (nSPS) is 48.2. The maximum atomic E-state index is 13.8. The number of ether oxygens (including phenoxy) is 3. The van der Waals surface area contributed by atoms with Crippen LogP contribution in [0.3, 0.4) is 0 Å². The van der Waals surface area contributed by atoms with Crippen LogP contribution in [0, 0.1) is 34.0 Å². The van der Waals surface area contributed by atoms with Crippen molar-refractivity contribution in [1.29, 1.82) is 0 Å². The predicted molar refractivity (Wildman–Crippen MR) is 161 cm³/mol. The Morgan fingerprint density at radius 2 is 1.75 bits per heavy atom. The standard InChI is InChI=1S/C35H52O9/c1-18(14-21(36)29-32(4,5)44-29)26-22(37)16-34(7)20-8-9-24-31(2,3)25(43-30-28(40)27(39)23(38)17-42-30)11-13-35(24,41)15-19(20)10-12-33(26,34)6/h8,10,18,23-30,38-41H,9,11-17H2,1-7H3. The van der Waals surface area contributed by atoms with Crippen molar-refractivity contribution in [3.63, 3.8) is 0 Å². The van der Waals surface area contributed by atoms with Crippen LogP contribution < -0.4 is 0 Å². The van der Waals surface area contributed by atoms with Crippen LogP contribution in [-0.4, -0.2) is 86.6 Å². The van der Waals surface area contributed by atoms with E-state index >= 15 is 0 Å². The minimum atomic E-state index is -1.37. The van der Waals surface area contributed by atoms with E-state index in [1.54, 1.807) is 0 Å². The molecular weight excluding hydrogens is 564 g/mol. The molecule has 9 heteroatoms. The fraction of sp³-hybridized carbons (Fsp3) is 0.829. The highest BCUT2D eigenvalue weighted by Crippen LogP contribution is 2.67. The zero-order valence-corrected chi connectivity index (χ0v) is 27.3. The van der Waals surface area contributed by atoms with Crippen molar-refractivity contribution in [2.45, 2.75) is 141 Å². The average Bonchev–Trinajstić information content (AvgIpc) is 3.55. The molecule has 2 saturated carbocycles. The number of aliphatic hydroxyl groups is 4. The minimum Gasteiger partial charge on any atom is -0.389 e. The van der Waals surface area contributed by atoms with E-state index in [-0.39, 0.29) is 53.6 Å². The van der Waals surface area contributed by atoms with Crippen LogP contribution in [0.15, 0.2) is 23.3 Å². The molecule has 0 aromatic heterocycles. The van der Waals surface area contributed by atoms with Gasteiger partial charge in [-0.15, -0.1) is 0 Å². The van der Waals surface area contributed by atoms with Gasteiger partial charge in [0.1, 0.15) is 30.2 Å². The molecule has 9 nitrogen and oxygen atoms in total. The molecule has 0 bridgehead atoms. The average molecular weight is 617 g/mol. The second-order valence-corrected chi connectivity index (χ2v) is 16.5. The third kappa shape index (κ3) is 4.83. The lowest BCUT2D eigenvalue weighted by Gasteiger charge is -2.54. The Kier molecular flexibility index (Phi) is 7.77. The van der Waals surface area contributed by atoms with Crippen molar-refractivity contribution in [3.8, 4) is 0 Å². The Morgan fingerprint density at radius 1 is 1.07 bits per heavy atom. The minimum absolute atomic E-state index is 0.0790.